The normalized spacial score (nSPS) is 10.6. The van der Waals surface area contributed by atoms with Gasteiger partial charge in [-0.1, -0.05) is 36.0 Å². The molecule has 0 atom stereocenters. The zero-order valence-corrected chi connectivity index (χ0v) is 17.2. The van der Waals surface area contributed by atoms with Gasteiger partial charge in [0.05, 0.1) is 17.0 Å². The van der Waals surface area contributed by atoms with Crippen LogP contribution < -0.4 is 16.0 Å². The molecule has 9 heteroatoms. The predicted molar refractivity (Wildman–Crippen MR) is 115 cm³/mol. The molecular weight excluding hydrogens is 388 g/mol. The van der Waals surface area contributed by atoms with E-state index in [1.54, 1.807) is 24.3 Å². The summed E-state index contributed by atoms with van der Waals surface area (Å²) in [6.07, 6.45) is 0. The van der Waals surface area contributed by atoms with Crippen LogP contribution in [-0.4, -0.2) is 46.4 Å². The third-order valence-electron chi connectivity index (χ3n) is 4.25. The summed E-state index contributed by atoms with van der Waals surface area (Å²) in [5, 5.41) is 11.8. The van der Waals surface area contributed by atoms with Gasteiger partial charge in [0.1, 0.15) is 0 Å². The molecule has 1 heterocycles. The lowest BCUT2D eigenvalue weighted by atomic mass is 10.1. The van der Waals surface area contributed by atoms with E-state index in [9.17, 15) is 9.59 Å². The highest BCUT2D eigenvalue weighted by Crippen LogP contribution is 2.25. The number of nitrogens with two attached hydrogens (primary N) is 1. The zero-order valence-electron chi connectivity index (χ0n) is 16.4. The number of thioether (sulfide) groups is 1. The number of aromatic nitrogens is 3. The molecule has 3 N–H and O–H groups in total. The van der Waals surface area contributed by atoms with Crippen molar-refractivity contribution in [2.45, 2.75) is 5.16 Å². The molecule has 29 heavy (non-hydrogen) atoms. The molecule has 0 aliphatic rings. The van der Waals surface area contributed by atoms with E-state index in [4.69, 9.17) is 5.73 Å². The number of para-hydroxylation sites is 1. The molecule has 3 rings (SSSR count). The highest BCUT2D eigenvalue weighted by Gasteiger charge is 2.15. The standard InChI is InChI=1S/C20H22N6O2S/c1-25(2)14-8-6-7-13(11-14)19-23-24-20(26(19)3)29-12-17(27)22-16-10-5-4-9-15(16)18(21)28/h4-11H,12H2,1-3H3,(H2,21,28)(H,22,27). The Balaban J connectivity index is 1.69. The minimum Gasteiger partial charge on any atom is -0.378 e. The maximum Gasteiger partial charge on any atom is 0.250 e. The van der Waals surface area contributed by atoms with Gasteiger partial charge in [-0.05, 0) is 24.3 Å². The van der Waals surface area contributed by atoms with E-state index in [0.717, 1.165) is 17.1 Å². The van der Waals surface area contributed by atoms with Crippen molar-refractivity contribution in [1.82, 2.24) is 14.8 Å². The number of primary amides is 1. The lowest BCUT2D eigenvalue weighted by molar-refractivity contribution is -0.113. The number of nitrogens with zero attached hydrogens (tertiary/aromatic N) is 4. The topological polar surface area (TPSA) is 106 Å². The van der Waals surface area contributed by atoms with E-state index >= 15 is 0 Å². The molecule has 150 valence electrons. The van der Waals surface area contributed by atoms with Crippen molar-refractivity contribution < 1.29 is 9.59 Å². The minimum absolute atomic E-state index is 0.122. The molecule has 0 saturated carbocycles. The molecule has 0 bridgehead atoms. The molecule has 3 aromatic rings. The third-order valence-corrected chi connectivity index (χ3v) is 5.27. The van der Waals surface area contributed by atoms with Crippen LogP contribution in [0.1, 0.15) is 10.4 Å². The van der Waals surface area contributed by atoms with Gasteiger partial charge in [-0.3, -0.25) is 9.59 Å². The number of rotatable bonds is 7. The van der Waals surface area contributed by atoms with Crippen molar-refractivity contribution in [3.8, 4) is 11.4 Å². The Morgan fingerprint density at radius 1 is 1.14 bits per heavy atom. The van der Waals surface area contributed by atoms with Crippen molar-refractivity contribution in [1.29, 1.82) is 0 Å². The first kappa shape index (κ1) is 20.4. The smallest absolute Gasteiger partial charge is 0.250 e. The summed E-state index contributed by atoms with van der Waals surface area (Å²) in [6, 6.07) is 14.6. The van der Waals surface area contributed by atoms with Crippen LogP contribution in [0.3, 0.4) is 0 Å². The van der Waals surface area contributed by atoms with Crippen molar-refractivity contribution in [3.63, 3.8) is 0 Å². The van der Waals surface area contributed by atoms with Gasteiger partial charge >= 0.3 is 0 Å². The summed E-state index contributed by atoms with van der Waals surface area (Å²) in [5.74, 6) is -0.0124. The van der Waals surface area contributed by atoms with Crippen LogP contribution in [0.5, 0.6) is 0 Å². The molecule has 0 unspecified atom stereocenters. The zero-order chi connectivity index (χ0) is 21.0. The van der Waals surface area contributed by atoms with E-state index in [-0.39, 0.29) is 17.2 Å². The highest BCUT2D eigenvalue weighted by atomic mass is 32.2. The molecule has 0 aliphatic carbocycles. The van der Waals surface area contributed by atoms with Gasteiger partial charge < -0.3 is 20.5 Å². The Kier molecular flexibility index (Phi) is 6.18. The lowest BCUT2D eigenvalue weighted by Crippen LogP contribution is -2.19. The third kappa shape index (κ3) is 4.75. The molecule has 0 radical (unpaired) electrons. The molecular formula is C20H22N6O2S. The van der Waals surface area contributed by atoms with Crippen LogP contribution in [0, 0.1) is 0 Å². The Bertz CT molecular complexity index is 1050. The summed E-state index contributed by atoms with van der Waals surface area (Å²) in [5.41, 5.74) is 8.01. The number of hydrogen-bond donors (Lipinski definition) is 2. The SMILES string of the molecule is CN(C)c1cccc(-c2nnc(SCC(=O)Nc3ccccc3C(N)=O)n2C)c1. The second-order valence-electron chi connectivity index (χ2n) is 6.56. The quantitative estimate of drug-likeness (QED) is 0.579. The molecule has 2 aromatic carbocycles. The molecule has 0 fully saturated rings. The highest BCUT2D eigenvalue weighted by molar-refractivity contribution is 7.99. The maximum atomic E-state index is 12.3. The molecule has 8 nitrogen and oxygen atoms in total. The molecule has 0 saturated heterocycles. The minimum atomic E-state index is -0.591. The van der Waals surface area contributed by atoms with E-state index in [2.05, 4.69) is 15.5 Å². The van der Waals surface area contributed by atoms with Crippen LogP contribution in [-0.2, 0) is 11.8 Å². The van der Waals surface area contributed by atoms with Crippen LogP contribution >= 0.6 is 11.8 Å². The molecule has 0 spiro atoms. The van der Waals surface area contributed by atoms with Gasteiger partial charge in [0.2, 0.25) is 5.91 Å². The second-order valence-corrected chi connectivity index (χ2v) is 7.50. The number of amides is 2. The number of benzene rings is 2. The summed E-state index contributed by atoms with van der Waals surface area (Å²) < 4.78 is 1.85. The van der Waals surface area contributed by atoms with E-state index in [0.29, 0.717) is 10.8 Å². The Labute approximate surface area is 173 Å². The van der Waals surface area contributed by atoms with Gasteiger partial charge in [0, 0.05) is 32.4 Å². The monoisotopic (exact) mass is 410 g/mol. The van der Waals surface area contributed by atoms with E-state index in [1.165, 1.54) is 11.8 Å². The Morgan fingerprint density at radius 3 is 2.62 bits per heavy atom. The Morgan fingerprint density at radius 2 is 1.90 bits per heavy atom. The van der Waals surface area contributed by atoms with Crippen LogP contribution in [0.25, 0.3) is 11.4 Å². The van der Waals surface area contributed by atoms with Gasteiger partial charge in [-0.25, -0.2) is 0 Å². The predicted octanol–water partition coefficient (Wildman–Crippen LogP) is 2.38. The van der Waals surface area contributed by atoms with Crippen molar-refractivity contribution in [2.75, 3.05) is 30.1 Å². The van der Waals surface area contributed by atoms with Gasteiger partial charge in [-0.2, -0.15) is 0 Å². The summed E-state index contributed by atoms with van der Waals surface area (Å²) in [6.45, 7) is 0. The van der Waals surface area contributed by atoms with Crippen LogP contribution in [0.4, 0.5) is 11.4 Å². The fourth-order valence-corrected chi connectivity index (χ4v) is 3.45. The molecule has 1 aromatic heterocycles. The first-order chi connectivity index (χ1) is 13.9. The first-order valence-electron chi connectivity index (χ1n) is 8.85. The Hall–Kier alpha value is -3.33. The van der Waals surface area contributed by atoms with Crippen molar-refractivity contribution >= 4 is 35.0 Å². The van der Waals surface area contributed by atoms with Crippen molar-refractivity contribution in [3.05, 3.63) is 54.1 Å². The van der Waals surface area contributed by atoms with Crippen LogP contribution in [0.15, 0.2) is 53.7 Å². The number of carbonyl (C=O) groups is 2. The first-order valence-corrected chi connectivity index (χ1v) is 9.84. The maximum absolute atomic E-state index is 12.3. The van der Waals surface area contributed by atoms with E-state index < -0.39 is 5.91 Å². The summed E-state index contributed by atoms with van der Waals surface area (Å²) >= 11 is 1.27. The second kappa shape index (κ2) is 8.78. The largest absolute Gasteiger partial charge is 0.378 e. The number of anilines is 2. The fourth-order valence-electron chi connectivity index (χ4n) is 2.74. The van der Waals surface area contributed by atoms with Gasteiger partial charge in [0.25, 0.3) is 5.91 Å². The molecule has 2 amide bonds. The number of nitrogens with one attached hydrogen (secondary N) is 1. The molecule has 0 aliphatic heterocycles. The number of hydrogen-bond acceptors (Lipinski definition) is 6. The average molecular weight is 411 g/mol. The van der Waals surface area contributed by atoms with Crippen LogP contribution in [0.2, 0.25) is 0 Å². The average Bonchev–Trinajstić information content (AvgIpc) is 3.07. The van der Waals surface area contributed by atoms with Crippen molar-refractivity contribution in [2.24, 2.45) is 12.8 Å². The fraction of sp³-hybridized carbons (Fsp3) is 0.200. The summed E-state index contributed by atoms with van der Waals surface area (Å²) in [4.78, 5) is 25.8. The van der Waals surface area contributed by atoms with Gasteiger partial charge in [-0.15, -0.1) is 10.2 Å². The van der Waals surface area contributed by atoms with E-state index in [1.807, 2.05) is 54.9 Å². The van der Waals surface area contributed by atoms with Gasteiger partial charge in [0.15, 0.2) is 11.0 Å². The number of carbonyl (C=O) groups excluding carboxylic acids is 2. The summed E-state index contributed by atoms with van der Waals surface area (Å²) in [7, 11) is 5.82. The lowest BCUT2D eigenvalue weighted by Gasteiger charge is -2.13.